The van der Waals surface area contributed by atoms with Gasteiger partial charge in [-0.3, -0.25) is 9.59 Å². The van der Waals surface area contributed by atoms with E-state index in [0.29, 0.717) is 19.4 Å². The van der Waals surface area contributed by atoms with Crippen molar-refractivity contribution in [2.45, 2.75) is 45.1 Å². The molecule has 34 heavy (non-hydrogen) atoms. The molecule has 2 amide bonds. The summed E-state index contributed by atoms with van der Waals surface area (Å²) in [5.74, 6) is -1.27. The predicted molar refractivity (Wildman–Crippen MR) is 128 cm³/mol. The molecule has 1 aliphatic carbocycles. The van der Waals surface area contributed by atoms with Crippen molar-refractivity contribution in [3.8, 4) is 11.1 Å². The second kappa shape index (κ2) is 10.3. The summed E-state index contributed by atoms with van der Waals surface area (Å²) in [4.78, 5) is 38.1. The first-order chi connectivity index (χ1) is 16.3. The predicted octanol–water partition coefficient (Wildman–Crippen LogP) is 4.26. The zero-order chi connectivity index (χ0) is 24.2. The molecular formula is C27H32N2O5. The van der Waals surface area contributed by atoms with Crippen LogP contribution in [-0.2, 0) is 14.3 Å². The van der Waals surface area contributed by atoms with Crippen molar-refractivity contribution >= 4 is 18.0 Å². The van der Waals surface area contributed by atoms with Crippen molar-refractivity contribution < 1.29 is 24.2 Å². The van der Waals surface area contributed by atoms with E-state index in [9.17, 15) is 19.5 Å². The molecule has 2 N–H and O–H groups in total. The Bertz CT molecular complexity index is 1020. The Labute approximate surface area is 200 Å². The smallest absolute Gasteiger partial charge is 0.407 e. The Kier molecular flexibility index (Phi) is 7.20. The van der Waals surface area contributed by atoms with Crippen LogP contribution in [0.1, 0.15) is 50.2 Å². The van der Waals surface area contributed by atoms with E-state index in [2.05, 4.69) is 29.6 Å². The topological polar surface area (TPSA) is 95.9 Å². The van der Waals surface area contributed by atoms with Crippen LogP contribution in [0, 0.1) is 11.8 Å². The average Bonchev–Trinajstić information content (AvgIpc) is 3.14. The van der Waals surface area contributed by atoms with E-state index >= 15 is 0 Å². The van der Waals surface area contributed by atoms with Crippen molar-refractivity contribution in [3.05, 3.63) is 59.7 Å². The summed E-state index contributed by atoms with van der Waals surface area (Å²) >= 11 is 0. The maximum Gasteiger partial charge on any atom is 0.407 e. The molecule has 7 heteroatoms. The number of hydrogen-bond donors (Lipinski definition) is 2. The van der Waals surface area contributed by atoms with E-state index in [1.807, 2.05) is 38.1 Å². The molecule has 1 saturated heterocycles. The molecule has 7 nitrogen and oxygen atoms in total. The number of carbonyl (C=O) groups excluding carboxylic acids is 2. The monoisotopic (exact) mass is 464 g/mol. The first-order valence-corrected chi connectivity index (χ1v) is 12.0. The lowest BCUT2D eigenvalue weighted by Crippen LogP contribution is -2.46. The third kappa shape index (κ3) is 5.24. The Balaban J connectivity index is 1.26. The lowest BCUT2D eigenvalue weighted by atomic mass is 9.90. The highest BCUT2D eigenvalue weighted by atomic mass is 16.5. The van der Waals surface area contributed by atoms with Gasteiger partial charge in [0.1, 0.15) is 6.61 Å². The summed E-state index contributed by atoms with van der Waals surface area (Å²) in [6.45, 7) is 4.89. The molecule has 2 aromatic carbocycles. The molecule has 2 aromatic rings. The minimum Gasteiger partial charge on any atom is -0.481 e. The van der Waals surface area contributed by atoms with E-state index in [4.69, 9.17) is 4.74 Å². The van der Waals surface area contributed by atoms with Crippen LogP contribution in [0.25, 0.3) is 11.1 Å². The van der Waals surface area contributed by atoms with E-state index in [1.165, 1.54) is 11.1 Å². The van der Waals surface area contributed by atoms with Gasteiger partial charge in [0, 0.05) is 31.5 Å². The van der Waals surface area contributed by atoms with Crippen molar-refractivity contribution in [2.24, 2.45) is 11.8 Å². The van der Waals surface area contributed by atoms with Crippen molar-refractivity contribution in [3.63, 3.8) is 0 Å². The third-order valence-corrected chi connectivity index (χ3v) is 6.86. The van der Waals surface area contributed by atoms with E-state index in [-0.39, 0.29) is 43.4 Å². The minimum absolute atomic E-state index is 0.00157. The van der Waals surface area contributed by atoms with Gasteiger partial charge in [0.15, 0.2) is 0 Å². The van der Waals surface area contributed by atoms with E-state index in [1.54, 1.807) is 4.90 Å². The largest absolute Gasteiger partial charge is 0.481 e. The summed E-state index contributed by atoms with van der Waals surface area (Å²) in [5.41, 5.74) is 4.67. The number of rotatable bonds is 7. The number of carboxylic acid groups (broad SMARTS) is 1. The molecule has 0 bridgehead atoms. The molecule has 2 aliphatic rings. The number of piperidine rings is 1. The van der Waals surface area contributed by atoms with Gasteiger partial charge in [-0.1, -0.05) is 55.5 Å². The quantitative estimate of drug-likeness (QED) is 0.638. The highest BCUT2D eigenvalue weighted by Gasteiger charge is 2.32. The van der Waals surface area contributed by atoms with Gasteiger partial charge in [-0.15, -0.1) is 0 Å². The molecule has 0 saturated carbocycles. The zero-order valence-corrected chi connectivity index (χ0v) is 19.7. The van der Waals surface area contributed by atoms with Gasteiger partial charge >= 0.3 is 12.1 Å². The maximum absolute atomic E-state index is 12.6. The van der Waals surface area contributed by atoms with E-state index in [0.717, 1.165) is 11.1 Å². The standard InChI is InChI=1S/C27H32N2O5/c1-17-13-19(26(31)32)15-29(14-17)25(30)12-11-18(2)28-27(33)34-16-24-22-9-5-3-7-20(22)21-8-4-6-10-23(21)24/h3-10,17-19,24H,11-16H2,1-2H3,(H,28,33)(H,31,32). The first-order valence-electron chi connectivity index (χ1n) is 12.0. The molecule has 1 heterocycles. The van der Waals surface area contributed by atoms with Gasteiger partial charge in [0.2, 0.25) is 5.91 Å². The Hall–Kier alpha value is -3.35. The second-order valence-electron chi connectivity index (χ2n) is 9.58. The van der Waals surface area contributed by atoms with Gasteiger partial charge in [-0.05, 0) is 47.9 Å². The average molecular weight is 465 g/mol. The first kappa shape index (κ1) is 23.8. The van der Waals surface area contributed by atoms with Gasteiger partial charge in [-0.2, -0.15) is 0 Å². The SMILES string of the molecule is CC1CC(C(=O)O)CN(C(=O)CCC(C)NC(=O)OCC2c3ccccc3-c3ccccc32)C1. The Morgan fingerprint density at radius 1 is 1.06 bits per heavy atom. The van der Waals surface area contributed by atoms with Gasteiger partial charge in [0.25, 0.3) is 0 Å². The van der Waals surface area contributed by atoms with Crippen LogP contribution >= 0.6 is 0 Å². The van der Waals surface area contributed by atoms with Gasteiger partial charge in [-0.25, -0.2) is 4.79 Å². The summed E-state index contributed by atoms with van der Waals surface area (Å²) in [5, 5.41) is 12.1. The van der Waals surface area contributed by atoms with E-state index < -0.39 is 18.0 Å². The summed E-state index contributed by atoms with van der Waals surface area (Å²) in [6, 6.07) is 16.1. The number of alkyl carbamates (subject to hydrolysis) is 1. The van der Waals surface area contributed by atoms with Crippen molar-refractivity contribution in [2.75, 3.05) is 19.7 Å². The number of likely N-dealkylation sites (tertiary alicyclic amines) is 1. The number of hydrogen-bond acceptors (Lipinski definition) is 4. The molecule has 3 unspecified atom stereocenters. The normalized spacial score (nSPS) is 20.2. The van der Waals surface area contributed by atoms with Gasteiger partial charge < -0.3 is 20.1 Å². The summed E-state index contributed by atoms with van der Waals surface area (Å²) in [7, 11) is 0. The molecule has 1 aliphatic heterocycles. The number of carboxylic acids is 1. The van der Waals surface area contributed by atoms with Crippen molar-refractivity contribution in [1.82, 2.24) is 10.2 Å². The zero-order valence-electron chi connectivity index (χ0n) is 19.7. The number of nitrogens with zero attached hydrogens (tertiary/aromatic N) is 1. The highest BCUT2D eigenvalue weighted by Crippen LogP contribution is 2.44. The van der Waals surface area contributed by atoms with Crippen LogP contribution in [0.4, 0.5) is 4.79 Å². The fraction of sp³-hybridized carbons (Fsp3) is 0.444. The Morgan fingerprint density at radius 3 is 2.29 bits per heavy atom. The van der Waals surface area contributed by atoms with Crippen LogP contribution in [0.5, 0.6) is 0 Å². The molecule has 0 aromatic heterocycles. The lowest BCUT2D eigenvalue weighted by Gasteiger charge is -2.35. The lowest BCUT2D eigenvalue weighted by molar-refractivity contribution is -0.147. The second-order valence-corrected chi connectivity index (χ2v) is 9.58. The van der Waals surface area contributed by atoms with Gasteiger partial charge in [0.05, 0.1) is 5.92 Å². The van der Waals surface area contributed by atoms with Crippen LogP contribution in [-0.4, -0.2) is 53.7 Å². The minimum atomic E-state index is -0.852. The number of fused-ring (bicyclic) bond motifs is 3. The number of nitrogens with one attached hydrogen (secondary N) is 1. The fourth-order valence-corrected chi connectivity index (χ4v) is 5.15. The van der Waals surface area contributed by atoms with Crippen molar-refractivity contribution in [1.29, 1.82) is 0 Å². The van der Waals surface area contributed by atoms with Crippen LogP contribution in [0.2, 0.25) is 0 Å². The highest BCUT2D eigenvalue weighted by molar-refractivity contribution is 5.79. The number of amides is 2. The molecule has 1 fully saturated rings. The summed E-state index contributed by atoms with van der Waals surface area (Å²) < 4.78 is 5.58. The Morgan fingerprint density at radius 2 is 1.68 bits per heavy atom. The summed E-state index contributed by atoms with van der Waals surface area (Å²) in [6.07, 6.45) is 0.813. The number of benzene rings is 2. The molecule has 0 radical (unpaired) electrons. The third-order valence-electron chi connectivity index (χ3n) is 6.86. The molecule has 0 spiro atoms. The van der Waals surface area contributed by atoms with Crippen LogP contribution < -0.4 is 5.32 Å². The number of aliphatic carboxylic acids is 1. The fourth-order valence-electron chi connectivity index (χ4n) is 5.15. The molecule has 180 valence electrons. The maximum atomic E-state index is 12.6. The van der Waals surface area contributed by atoms with Crippen LogP contribution in [0.15, 0.2) is 48.5 Å². The van der Waals surface area contributed by atoms with Crippen LogP contribution in [0.3, 0.4) is 0 Å². The number of carbonyl (C=O) groups is 3. The molecule has 3 atom stereocenters. The number of ether oxygens (including phenoxy) is 1. The molecule has 4 rings (SSSR count). The molecular weight excluding hydrogens is 432 g/mol.